The molecular formula is C14H16O. The number of rotatable bonds is 2. The molecule has 0 amide bonds. The summed E-state index contributed by atoms with van der Waals surface area (Å²) in [6.07, 6.45) is 6.60. The standard InChI is InChI=1S/C14H16O/c15-9-10-1-4-12(5-2-10)14-8-11-3-6-13(14)7-11/h1-2,4-5,8,11,13,15H,3,6-7,9H2/t11-,13+/m1/s1. The first kappa shape index (κ1) is 9.17. The van der Waals surface area contributed by atoms with Crippen LogP contribution in [0.4, 0.5) is 0 Å². The molecule has 1 heteroatoms. The molecule has 78 valence electrons. The molecule has 2 bridgehead atoms. The Labute approximate surface area is 90.4 Å². The van der Waals surface area contributed by atoms with Gasteiger partial charge in [-0.15, -0.1) is 0 Å². The highest BCUT2D eigenvalue weighted by Gasteiger charge is 2.32. The predicted molar refractivity (Wildman–Crippen MR) is 61.2 cm³/mol. The Morgan fingerprint density at radius 2 is 1.93 bits per heavy atom. The molecule has 0 heterocycles. The number of hydrogen-bond acceptors (Lipinski definition) is 1. The van der Waals surface area contributed by atoms with Crippen LogP contribution in [0.2, 0.25) is 0 Å². The van der Waals surface area contributed by atoms with Crippen LogP contribution in [0.1, 0.15) is 30.4 Å². The van der Waals surface area contributed by atoms with E-state index in [-0.39, 0.29) is 6.61 Å². The molecule has 0 unspecified atom stereocenters. The minimum atomic E-state index is 0.144. The third-order valence-corrected chi connectivity index (χ3v) is 3.80. The first-order chi connectivity index (χ1) is 7.36. The van der Waals surface area contributed by atoms with Gasteiger partial charge in [-0.25, -0.2) is 0 Å². The van der Waals surface area contributed by atoms with Gasteiger partial charge in [0.1, 0.15) is 0 Å². The van der Waals surface area contributed by atoms with Crippen molar-refractivity contribution < 1.29 is 5.11 Å². The first-order valence-electron chi connectivity index (χ1n) is 5.78. The fourth-order valence-corrected chi connectivity index (χ4v) is 2.97. The SMILES string of the molecule is OCc1ccc(C2=C[C@@H]3CC[C@H]2C3)cc1. The predicted octanol–water partition coefficient (Wildman–Crippen LogP) is 2.99. The van der Waals surface area contributed by atoms with Gasteiger partial charge in [0.2, 0.25) is 0 Å². The smallest absolute Gasteiger partial charge is 0.0681 e. The first-order valence-corrected chi connectivity index (χ1v) is 5.78. The topological polar surface area (TPSA) is 20.2 Å². The molecule has 0 radical (unpaired) electrons. The fraction of sp³-hybridized carbons (Fsp3) is 0.429. The molecule has 0 aromatic heterocycles. The summed E-state index contributed by atoms with van der Waals surface area (Å²) >= 11 is 0. The molecule has 15 heavy (non-hydrogen) atoms. The third kappa shape index (κ3) is 1.51. The van der Waals surface area contributed by atoms with Crippen molar-refractivity contribution in [2.24, 2.45) is 11.8 Å². The van der Waals surface area contributed by atoms with Crippen LogP contribution < -0.4 is 0 Å². The van der Waals surface area contributed by atoms with Gasteiger partial charge < -0.3 is 5.11 Å². The maximum atomic E-state index is 8.98. The van der Waals surface area contributed by atoms with E-state index in [4.69, 9.17) is 5.11 Å². The number of aliphatic hydroxyl groups is 1. The van der Waals surface area contributed by atoms with Crippen LogP contribution in [0.25, 0.3) is 5.57 Å². The van der Waals surface area contributed by atoms with E-state index in [9.17, 15) is 0 Å². The van der Waals surface area contributed by atoms with Gasteiger partial charge in [-0.2, -0.15) is 0 Å². The monoisotopic (exact) mass is 200 g/mol. The Kier molecular flexibility index (Phi) is 2.14. The highest BCUT2D eigenvalue weighted by atomic mass is 16.3. The summed E-state index contributed by atoms with van der Waals surface area (Å²) in [6, 6.07) is 8.36. The number of allylic oxidation sites excluding steroid dienone is 2. The van der Waals surface area contributed by atoms with Crippen LogP contribution in [-0.2, 0) is 6.61 Å². The molecule has 1 nitrogen and oxygen atoms in total. The Bertz CT molecular complexity index is 388. The lowest BCUT2D eigenvalue weighted by Gasteiger charge is -2.13. The zero-order valence-corrected chi connectivity index (χ0v) is 8.82. The number of fused-ring (bicyclic) bond motifs is 2. The molecule has 1 aromatic rings. The number of aliphatic hydroxyl groups excluding tert-OH is 1. The molecule has 3 rings (SSSR count). The van der Waals surface area contributed by atoms with E-state index in [2.05, 4.69) is 18.2 Å². The molecule has 2 aliphatic rings. The van der Waals surface area contributed by atoms with E-state index in [1.54, 1.807) is 5.57 Å². The fourth-order valence-electron chi connectivity index (χ4n) is 2.97. The average Bonchev–Trinajstić information content (AvgIpc) is 2.91. The molecule has 0 spiro atoms. The van der Waals surface area contributed by atoms with Gasteiger partial charge in [0.15, 0.2) is 0 Å². The highest BCUT2D eigenvalue weighted by Crippen LogP contribution is 2.47. The van der Waals surface area contributed by atoms with Crippen molar-refractivity contribution in [1.82, 2.24) is 0 Å². The van der Waals surface area contributed by atoms with Gasteiger partial charge in [-0.3, -0.25) is 0 Å². The van der Waals surface area contributed by atoms with E-state index in [1.165, 1.54) is 24.8 Å². The lowest BCUT2D eigenvalue weighted by atomic mass is 9.92. The van der Waals surface area contributed by atoms with Crippen molar-refractivity contribution in [2.75, 3.05) is 0 Å². The summed E-state index contributed by atoms with van der Waals surface area (Å²) in [7, 11) is 0. The second-order valence-electron chi connectivity index (χ2n) is 4.75. The number of hydrogen-bond donors (Lipinski definition) is 1. The summed E-state index contributed by atoms with van der Waals surface area (Å²) in [5.74, 6) is 1.66. The Morgan fingerprint density at radius 3 is 2.47 bits per heavy atom. The quantitative estimate of drug-likeness (QED) is 0.778. The largest absolute Gasteiger partial charge is 0.392 e. The van der Waals surface area contributed by atoms with Gasteiger partial charge in [0.25, 0.3) is 0 Å². The van der Waals surface area contributed by atoms with Crippen molar-refractivity contribution in [3.8, 4) is 0 Å². The Hall–Kier alpha value is -1.08. The van der Waals surface area contributed by atoms with Crippen LogP contribution in [0, 0.1) is 11.8 Å². The van der Waals surface area contributed by atoms with Crippen LogP contribution in [0.5, 0.6) is 0 Å². The van der Waals surface area contributed by atoms with Crippen LogP contribution in [-0.4, -0.2) is 5.11 Å². The lowest BCUT2D eigenvalue weighted by Crippen LogP contribution is -1.96. The van der Waals surface area contributed by atoms with Crippen molar-refractivity contribution in [3.63, 3.8) is 0 Å². The van der Waals surface area contributed by atoms with Crippen molar-refractivity contribution >= 4 is 5.57 Å². The van der Waals surface area contributed by atoms with E-state index >= 15 is 0 Å². The molecule has 1 N–H and O–H groups in total. The molecule has 2 atom stereocenters. The molecule has 0 saturated heterocycles. The Balaban J connectivity index is 1.90. The summed E-state index contributed by atoms with van der Waals surface area (Å²) < 4.78 is 0. The summed E-state index contributed by atoms with van der Waals surface area (Å²) in [5.41, 5.74) is 3.91. The molecule has 2 aliphatic carbocycles. The zero-order valence-electron chi connectivity index (χ0n) is 8.82. The maximum Gasteiger partial charge on any atom is 0.0681 e. The number of benzene rings is 1. The van der Waals surface area contributed by atoms with Gasteiger partial charge in [0.05, 0.1) is 6.61 Å². The molecule has 1 saturated carbocycles. The minimum Gasteiger partial charge on any atom is -0.392 e. The van der Waals surface area contributed by atoms with Gasteiger partial charge in [-0.05, 0) is 47.8 Å². The summed E-state index contributed by atoms with van der Waals surface area (Å²) in [5, 5.41) is 8.98. The van der Waals surface area contributed by atoms with Crippen LogP contribution in [0.3, 0.4) is 0 Å². The average molecular weight is 200 g/mol. The van der Waals surface area contributed by atoms with Crippen LogP contribution in [0.15, 0.2) is 30.3 Å². The summed E-state index contributed by atoms with van der Waals surface area (Å²) in [4.78, 5) is 0. The second-order valence-corrected chi connectivity index (χ2v) is 4.75. The van der Waals surface area contributed by atoms with E-state index in [1.807, 2.05) is 12.1 Å². The summed E-state index contributed by atoms with van der Waals surface area (Å²) in [6.45, 7) is 0.144. The van der Waals surface area contributed by atoms with Gasteiger partial charge in [-0.1, -0.05) is 30.3 Å². The zero-order chi connectivity index (χ0) is 10.3. The molecule has 1 fully saturated rings. The normalized spacial score (nSPS) is 28.2. The lowest BCUT2D eigenvalue weighted by molar-refractivity contribution is 0.282. The van der Waals surface area contributed by atoms with E-state index in [0.717, 1.165) is 17.4 Å². The molecule has 1 aromatic carbocycles. The highest BCUT2D eigenvalue weighted by molar-refractivity contribution is 5.70. The van der Waals surface area contributed by atoms with Gasteiger partial charge in [0, 0.05) is 0 Å². The van der Waals surface area contributed by atoms with Crippen molar-refractivity contribution in [2.45, 2.75) is 25.9 Å². The molecule has 0 aliphatic heterocycles. The molecular weight excluding hydrogens is 184 g/mol. The van der Waals surface area contributed by atoms with E-state index < -0.39 is 0 Å². The van der Waals surface area contributed by atoms with Gasteiger partial charge >= 0.3 is 0 Å². The third-order valence-electron chi connectivity index (χ3n) is 3.80. The van der Waals surface area contributed by atoms with E-state index in [0.29, 0.717) is 0 Å². The van der Waals surface area contributed by atoms with Crippen LogP contribution >= 0.6 is 0 Å². The maximum absolute atomic E-state index is 8.98. The second kappa shape index (κ2) is 3.49. The van der Waals surface area contributed by atoms with Crippen molar-refractivity contribution in [3.05, 3.63) is 41.5 Å². The Morgan fingerprint density at radius 1 is 1.13 bits per heavy atom. The minimum absolute atomic E-state index is 0.144. The van der Waals surface area contributed by atoms with Crippen molar-refractivity contribution in [1.29, 1.82) is 0 Å².